The zero-order chi connectivity index (χ0) is 25.7. The Morgan fingerprint density at radius 3 is 2.22 bits per heavy atom. The molecule has 2 saturated carbocycles. The number of carbonyl (C=O) groups excluding carboxylic acids is 4. The summed E-state index contributed by atoms with van der Waals surface area (Å²) in [5.74, 6) is -2.76. The molecule has 1 saturated heterocycles. The fourth-order valence-electron chi connectivity index (χ4n) is 5.73. The Morgan fingerprint density at radius 2 is 1.64 bits per heavy atom. The molecule has 5 rings (SSSR count). The summed E-state index contributed by atoms with van der Waals surface area (Å²) in [4.78, 5) is 52.2. The Bertz CT molecular complexity index is 1220. The first-order valence-electron chi connectivity index (χ1n) is 11.7. The topological polar surface area (TPSA) is 92.8 Å². The second-order valence-corrected chi connectivity index (χ2v) is 11.3. The van der Waals surface area contributed by atoms with E-state index in [1.165, 1.54) is 29.2 Å². The van der Waals surface area contributed by atoms with E-state index in [9.17, 15) is 19.2 Å². The largest absolute Gasteiger partial charge is 0.452 e. The molecule has 2 aliphatic carbocycles. The quantitative estimate of drug-likeness (QED) is 0.296. The van der Waals surface area contributed by atoms with Crippen LogP contribution in [0.4, 0.5) is 11.4 Å². The van der Waals surface area contributed by atoms with Gasteiger partial charge in [0, 0.05) is 10.2 Å². The van der Waals surface area contributed by atoms with Gasteiger partial charge in [0.05, 0.1) is 33.8 Å². The highest BCUT2D eigenvalue weighted by atomic mass is 79.9. The highest BCUT2D eigenvalue weighted by Crippen LogP contribution is 2.59. The minimum atomic E-state index is -0.688. The third-order valence-electron chi connectivity index (χ3n) is 7.40. The molecule has 2 aromatic carbocycles. The molecular formula is C26H23BrCl2N2O5. The van der Waals surface area contributed by atoms with Crippen LogP contribution in [0.1, 0.15) is 29.3 Å². The molecule has 3 amide bonds. The van der Waals surface area contributed by atoms with Gasteiger partial charge in [-0.3, -0.25) is 19.3 Å². The monoisotopic (exact) mass is 592 g/mol. The summed E-state index contributed by atoms with van der Waals surface area (Å²) in [6, 6.07) is 11.5. The first-order chi connectivity index (χ1) is 17.2. The van der Waals surface area contributed by atoms with E-state index in [-0.39, 0.29) is 40.0 Å². The van der Waals surface area contributed by atoms with Crippen molar-refractivity contribution in [3.63, 3.8) is 0 Å². The van der Waals surface area contributed by atoms with Gasteiger partial charge in [0.15, 0.2) is 6.61 Å². The lowest BCUT2D eigenvalue weighted by atomic mass is 9.80. The van der Waals surface area contributed by atoms with Crippen LogP contribution in [0.2, 0.25) is 0 Å². The molecule has 3 aliphatic rings. The predicted molar refractivity (Wildman–Crippen MR) is 139 cm³/mol. The molecule has 36 heavy (non-hydrogen) atoms. The number of amides is 3. The van der Waals surface area contributed by atoms with Gasteiger partial charge in [-0.05, 0) is 72.7 Å². The van der Waals surface area contributed by atoms with Gasteiger partial charge >= 0.3 is 5.97 Å². The number of nitrogens with one attached hydrogen (secondary N) is 1. The zero-order valence-corrected chi connectivity index (χ0v) is 22.3. The number of imide groups is 1. The van der Waals surface area contributed by atoms with E-state index < -0.39 is 30.3 Å². The molecule has 188 valence electrons. The van der Waals surface area contributed by atoms with E-state index in [0.717, 1.165) is 16.5 Å². The van der Waals surface area contributed by atoms with Crippen molar-refractivity contribution < 1.29 is 23.9 Å². The van der Waals surface area contributed by atoms with Crippen molar-refractivity contribution in [3.05, 3.63) is 58.1 Å². The third-order valence-corrected chi connectivity index (χ3v) is 9.22. The predicted octanol–water partition coefficient (Wildman–Crippen LogP) is 4.78. The summed E-state index contributed by atoms with van der Waals surface area (Å²) in [6.07, 6.45) is 1.42. The van der Waals surface area contributed by atoms with Gasteiger partial charge in [-0.25, -0.2) is 4.79 Å². The van der Waals surface area contributed by atoms with Crippen LogP contribution in [0.5, 0.6) is 0 Å². The summed E-state index contributed by atoms with van der Waals surface area (Å²) in [5.41, 5.74) is 2.19. The Labute approximate surface area is 226 Å². The lowest BCUT2D eigenvalue weighted by molar-refractivity contribution is -0.123. The van der Waals surface area contributed by atoms with Crippen molar-refractivity contribution in [3.8, 4) is 0 Å². The maximum Gasteiger partial charge on any atom is 0.338 e. The van der Waals surface area contributed by atoms with Gasteiger partial charge < -0.3 is 10.1 Å². The molecule has 0 radical (unpaired) electrons. The maximum absolute atomic E-state index is 13.1. The number of esters is 1. The van der Waals surface area contributed by atoms with Gasteiger partial charge in [0.25, 0.3) is 5.91 Å². The van der Waals surface area contributed by atoms with Crippen LogP contribution in [-0.4, -0.2) is 41.1 Å². The summed E-state index contributed by atoms with van der Waals surface area (Å²) >= 11 is 16.2. The molecule has 7 nitrogen and oxygen atoms in total. The number of nitrogens with zero attached hydrogens (tertiary/aromatic N) is 1. The molecule has 3 fully saturated rings. The maximum atomic E-state index is 13.1. The zero-order valence-electron chi connectivity index (χ0n) is 19.2. The SMILES string of the molecule is CCc1cc(Br)ccc1NC(=O)COC(=O)c1ccc(N2C(=O)[C@@H]3[C@H]4C[C@@H]([C@H](Cl)[C@@H]4Cl)[C@@H]3C2=O)cc1. The Kier molecular flexibility index (Phi) is 6.87. The minimum absolute atomic E-state index is 0.100. The molecule has 1 heterocycles. The van der Waals surface area contributed by atoms with Gasteiger partial charge in [-0.15, -0.1) is 23.2 Å². The van der Waals surface area contributed by atoms with Crippen molar-refractivity contribution >= 4 is 74.2 Å². The molecule has 1 aliphatic heterocycles. The van der Waals surface area contributed by atoms with E-state index in [1.54, 1.807) is 6.07 Å². The number of anilines is 2. The number of benzene rings is 2. The van der Waals surface area contributed by atoms with E-state index in [1.807, 2.05) is 19.1 Å². The summed E-state index contributed by atoms with van der Waals surface area (Å²) < 4.78 is 6.06. The number of hydrogen-bond donors (Lipinski definition) is 1. The van der Waals surface area contributed by atoms with E-state index >= 15 is 0 Å². The van der Waals surface area contributed by atoms with Gasteiger partial charge in [0.1, 0.15) is 0 Å². The van der Waals surface area contributed by atoms with Gasteiger partial charge in [-0.1, -0.05) is 22.9 Å². The number of fused-ring (bicyclic) bond motifs is 5. The number of carbonyl (C=O) groups is 4. The standard InChI is InChI=1S/C26H23BrCl2N2O5/c1-2-12-9-14(27)5-8-18(12)30-19(32)11-36-26(35)13-3-6-15(7-4-13)31-24(33)20-16-10-17(21(20)25(31)34)23(29)22(16)28/h3-9,16-17,20-23H,2,10-11H2,1H3,(H,30,32)/t16-,17-,20-,21+,22-,23+/m1/s1. The normalized spacial score (nSPS) is 28.4. The fraction of sp³-hybridized carbons (Fsp3) is 0.385. The minimum Gasteiger partial charge on any atom is -0.452 e. The highest BCUT2D eigenvalue weighted by Gasteiger charge is 2.66. The number of aryl methyl sites for hydroxylation is 1. The summed E-state index contributed by atoms with van der Waals surface area (Å²) in [6.45, 7) is 1.53. The smallest absolute Gasteiger partial charge is 0.338 e. The van der Waals surface area contributed by atoms with E-state index in [4.69, 9.17) is 27.9 Å². The van der Waals surface area contributed by atoms with Crippen molar-refractivity contribution in [1.82, 2.24) is 0 Å². The number of ether oxygens (including phenoxy) is 1. The van der Waals surface area contributed by atoms with Crippen LogP contribution in [0.3, 0.4) is 0 Å². The first kappa shape index (κ1) is 25.2. The third kappa shape index (κ3) is 4.23. The molecule has 2 aromatic rings. The summed E-state index contributed by atoms with van der Waals surface area (Å²) in [5, 5.41) is 2.12. The van der Waals surface area contributed by atoms with Crippen LogP contribution < -0.4 is 10.2 Å². The first-order valence-corrected chi connectivity index (χ1v) is 13.4. The summed E-state index contributed by atoms with van der Waals surface area (Å²) in [7, 11) is 0. The lowest BCUT2D eigenvalue weighted by Crippen LogP contribution is -2.37. The van der Waals surface area contributed by atoms with Crippen molar-refractivity contribution in [2.45, 2.75) is 30.5 Å². The number of hydrogen-bond acceptors (Lipinski definition) is 5. The Morgan fingerprint density at radius 1 is 1.03 bits per heavy atom. The molecule has 10 heteroatoms. The Balaban J connectivity index is 1.21. The van der Waals surface area contributed by atoms with Crippen LogP contribution in [0, 0.1) is 23.7 Å². The molecule has 0 unspecified atom stereocenters. The van der Waals surface area contributed by atoms with Crippen LogP contribution in [0.25, 0.3) is 0 Å². The Hall–Kier alpha value is -2.42. The second kappa shape index (κ2) is 9.80. The highest BCUT2D eigenvalue weighted by molar-refractivity contribution is 9.10. The number of rotatable bonds is 6. The van der Waals surface area contributed by atoms with Crippen molar-refractivity contribution in [1.29, 1.82) is 0 Å². The molecular weight excluding hydrogens is 571 g/mol. The molecule has 0 aromatic heterocycles. The van der Waals surface area contributed by atoms with Gasteiger partial charge in [0.2, 0.25) is 11.8 Å². The van der Waals surface area contributed by atoms with Crippen LogP contribution in [0.15, 0.2) is 46.9 Å². The molecule has 0 spiro atoms. The van der Waals surface area contributed by atoms with Crippen molar-refractivity contribution in [2.75, 3.05) is 16.8 Å². The average Bonchev–Trinajstić information content (AvgIpc) is 3.48. The van der Waals surface area contributed by atoms with Crippen LogP contribution in [-0.2, 0) is 25.5 Å². The van der Waals surface area contributed by atoms with E-state index in [0.29, 0.717) is 17.8 Å². The molecule has 6 atom stereocenters. The van der Waals surface area contributed by atoms with Crippen molar-refractivity contribution in [2.24, 2.45) is 23.7 Å². The molecule has 2 bridgehead atoms. The fourth-order valence-corrected chi connectivity index (χ4v) is 7.03. The lowest BCUT2D eigenvalue weighted by Gasteiger charge is -2.28. The number of halogens is 3. The van der Waals surface area contributed by atoms with Gasteiger partial charge in [-0.2, -0.15) is 0 Å². The second-order valence-electron chi connectivity index (χ2n) is 9.34. The number of alkyl halides is 2. The van der Waals surface area contributed by atoms with E-state index in [2.05, 4.69) is 21.2 Å². The average molecular weight is 594 g/mol. The molecule has 1 N–H and O–H groups in total. The van der Waals surface area contributed by atoms with Crippen LogP contribution >= 0.6 is 39.1 Å².